The first-order chi connectivity index (χ1) is 5.61. The van der Waals surface area contributed by atoms with E-state index in [1.165, 1.54) is 0 Å². The highest BCUT2D eigenvalue weighted by molar-refractivity contribution is 6.62. The molecule has 0 aromatic rings. The van der Waals surface area contributed by atoms with Crippen molar-refractivity contribution in [2.75, 3.05) is 27.2 Å². The van der Waals surface area contributed by atoms with Gasteiger partial charge < -0.3 is 9.80 Å². The Labute approximate surface area is 90.4 Å². The number of rotatable bonds is 1. The first kappa shape index (κ1) is 13.0. The van der Waals surface area contributed by atoms with Crippen molar-refractivity contribution in [1.29, 1.82) is 0 Å². The van der Waals surface area contributed by atoms with Gasteiger partial charge in [-0.25, -0.2) is 0 Å². The minimum absolute atomic E-state index is 0. The maximum atomic E-state index is 10.8. The second-order valence-electron chi connectivity index (χ2n) is 3.40. The van der Waals surface area contributed by atoms with E-state index in [0.29, 0.717) is 6.04 Å². The summed E-state index contributed by atoms with van der Waals surface area (Å²) in [5.74, 6) is 0. The Morgan fingerprint density at radius 3 is 2.31 bits per heavy atom. The first-order valence-corrected chi connectivity index (χ1v) is 4.60. The lowest BCUT2D eigenvalue weighted by Crippen LogP contribution is -2.42. The van der Waals surface area contributed by atoms with Crippen LogP contribution in [0, 0.1) is 0 Å². The Hall–Kier alpha value is 0.01000. The molecule has 1 aliphatic rings. The van der Waals surface area contributed by atoms with Crippen molar-refractivity contribution in [2.24, 2.45) is 0 Å². The molecule has 5 heteroatoms. The van der Waals surface area contributed by atoms with Gasteiger partial charge in [0.25, 0.3) is 0 Å². The van der Waals surface area contributed by atoms with Gasteiger partial charge in [0.2, 0.25) is 0 Å². The van der Waals surface area contributed by atoms with E-state index in [2.05, 4.69) is 11.9 Å². The zero-order valence-electron chi connectivity index (χ0n) is 7.99. The van der Waals surface area contributed by atoms with Crippen LogP contribution in [0.4, 0.5) is 4.79 Å². The minimum atomic E-state index is -0.343. The van der Waals surface area contributed by atoms with E-state index in [-0.39, 0.29) is 17.8 Å². The number of nitrogens with zero attached hydrogens (tertiary/aromatic N) is 2. The molecule has 1 fully saturated rings. The quantitative estimate of drug-likeness (QED) is 0.503. The molecule has 0 aromatic heterocycles. The second-order valence-corrected chi connectivity index (χ2v) is 3.72. The summed E-state index contributed by atoms with van der Waals surface area (Å²) in [6, 6.07) is 0.339. The highest BCUT2D eigenvalue weighted by atomic mass is 35.5. The van der Waals surface area contributed by atoms with Gasteiger partial charge in [-0.3, -0.25) is 4.79 Å². The average molecular weight is 227 g/mol. The predicted molar refractivity (Wildman–Crippen MR) is 56.8 cm³/mol. The highest BCUT2D eigenvalue weighted by Crippen LogP contribution is 2.15. The lowest BCUT2D eigenvalue weighted by atomic mass is 10.1. The smallest absolute Gasteiger partial charge is 0.316 e. The summed E-state index contributed by atoms with van der Waals surface area (Å²) >= 11 is 5.37. The molecule has 1 amide bonds. The van der Waals surface area contributed by atoms with E-state index in [4.69, 9.17) is 11.6 Å². The van der Waals surface area contributed by atoms with Crippen molar-refractivity contribution in [2.45, 2.75) is 18.9 Å². The Morgan fingerprint density at radius 2 is 1.92 bits per heavy atom. The van der Waals surface area contributed by atoms with Crippen molar-refractivity contribution < 1.29 is 4.79 Å². The molecule has 1 heterocycles. The molecule has 78 valence electrons. The van der Waals surface area contributed by atoms with Gasteiger partial charge in [-0.1, -0.05) is 0 Å². The molecular formula is C8H16Cl2N2O. The van der Waals surface area contributed by atoms with Crippen molar-refractivity contribution in [3.63, 3.8) is 0 Å². The van der Waals surface area contributed by atoms with E-state index < -0.39 is 0 Å². The molecule has 3 nitrogen and oxygen atoms in total. The van der Waals surface area contributed by atoms with Crippen LogP contribution in [-0.2, 0) is 0 Å². The summed E-state index contributed by atoms with van der Waals surface area (Å²) in [6.07, 6.45) is 2.07. The van der Waals surface area contributed by atoms with E-state index in [1.807, 2.05) is 0 Å². The average Bonchev–Trinajstić information content (AvgIpc) is 2.04. The fourth-order valence-electron chi connectivity index (χ4n) is 1.53. The van der Waals surface area contributed by atoms with Gasteiger partial charge in [-0.2, -0.15) is 0 Å². The lowest BCUT2D eigenvalue weighted by Gasteiger charge is -2.33. The van der Waals surface area contributed by atoms with Crippen molar-refractivity contribution >= 4 is 29.4 Å². The number of carbonyl (C=O) groups excluding carboxylic acids is 1. The van der Waals surface area contributed by atoms with Gasteiger partial charge in [-0.15, -0.1) is 12.4 Å². The number of piperidine rings is 1. The molecule has 0 aliphatic carbocycles. The van der Waals surface area contributed by atoms with E-state index >= 15 is 0 Å². The van der Waals surface area contributed by atoms with Gasteiger partial charge in [0.1, 0.15) is 0 Å². The van der Waals surface area contributed by atoms with Crippen LogP contribution in [0.5, 0.6) is 0 Å². The van der Waals surface area contributed by atoms with Crippen LogP contribution in [0.15, 0.2) is 0 Å². The van der Waals surface area contributed by atoms with Crippen LogP contribution >= 0.6 is 24.0 Å². The van der Waals surface area contributed by atoms with Gasteiger partial charge in [-0.05, 0) is 44.6 Å². The normalized spacial score (nSPS) is 19.3. The summed E-state index contributed by atoms with van der Waals surface area (Å²) in [5, 5.41) is -0.343. The molecule has 13 heavy (non-hydrogen) atoms. The predicted octanol–water partition coefficient (Wildman–Crippen LogP) is 1.79. The molecule has 0 N–H and O–H groups in total. The Bertz CT molecular complexity index is 170. The topological polar surface area (TPSA) is 23.6 Å². The molecule has 1 saturated heterocycles. The molecule has 0 atom stereocenters. The summed E-state index contributed by atoms with van der Waals surface area (Å²) in [6.45, 7) is 2.11. The summed E-state index contributed by atoms with van der Waals surface area (Å²) in [4.78, 5) is 14.7. The standard InChI is InChI=1S/C8H15ClN2O.ClH/c1-10-5-3-7(4-6-10)11(2)8(9)12;/h7H,3-6H2,1-2H3;1H. The fraction of sp³-hybridized carbons (Fsp3) is 0.875. The zero-order valence-corrected chi connectivity index (χ0v) is 9.57. The third-order valence-electron chi connectivity index (χ3n) is 2.51. The highest BCUT2D eigenvalue weighted by Gasteiger charge is 2.22. The maximum Gasteiger partial charge on any atom is 0.316 e. The zero-order chi connectivity index (χ0) is 9.14. The number of carbonyl (C=O) groups is 1. The Morgan fingerprint density at radius 1 is 1.46 bits per heavy atom. The van der Waals surface area contributed by atoms with Gasteiger partial charge >= 0.3 is 5.37 Å². The SMILES string of the molecule is CN1CCC(N(C)C(=O)Cl)CC1.Cl. The Kier molecular flexibility index (Phi) is 5.68. The fourth-order valence-corrected chi connectivity index (χ4v) is 1.66. The Balaban J connectivity index is 0.00000144. The molecule has 0 unspecified atom stereocenters. The van der Waals surface area contributed by atoms with Gasteiger partial charge in [0, 0.05) is 13.1 Å². The first-order valence-electron chi connectivity index (χ1n) is 4.22. The number of hydrogen-bond acceptors (Lipinski definition) is 2. The number of hydrogen-bond donors (Lipinski definition) is 0. The van der Waals surface area contributed by atoms with E-state index in [1.54, 1.807) is 11.9 Å². The van der Waals surface area contributed by atoms with Gasteiger partial charge in [0.15, 0.2) is 0 Å². The molecule has 0 saturated carbocycles. The monoisotopic (exact) mass is 226 g/mol. The lowest BCUT2D eigenvalue weighted by molar-refractivity contribution is 0.162. The minimum Gasteiger partial charge on any atom is -0.329 e. The van der Waals surface area contributed by atoms with Crippen LogP contribution in [0.25, 0.3) is 0 Å². The molecule has 0 bridgehead atoms. The number of amides is 1. The van der Waals surface area contributed by atoms with Gasteiger partial charge in [0.05, 0.1) is 0 Å². The second kappa shape index (κ2) is 5.68. The van der Waals surface area contributed by atoms with Crippen LogP contribution in [0.1, 0.15) is 12.8 Å². The number of likely N-dealkylation sites (tertiary alicyclic amines) is 1. The van der Waals surface area contributed by atoms with Crippen molar-refractivity contribution in [3.05, 3.63) is 0 Å². The van der Waals surface area contributed by atoms with Crippen LogP contribution in [0.3, 0.4) is 0 Å². The molecule has 0 aromatic carbocycles. The summed E-state index contributed by atoms with van der Waals surface area (Å²) in [7, 11) is 3.87. The van der Waals surface area contributed by atoms with Crippen molar-refractivity contribution in [3.8, 4) is 0 Å². The molecule has 0 spiro atoms. The third-order valence-corrected chi connectivity index (χ3v) is 2.78. The van der Waals surface area contributed by atoms with E-state index in [0.717, 1.165) is 25.9 Å². The molecular weight excluding hydrogens is 211 g/mol. The molecule has 1 aliphatic heterocycles. The number of halogens is 2. The third kappa shape index (κ3) is 3.71. The maximum absolute atomic E-state index is 10.8. The summed E-state index contributed by atoms with van der Waals surface area (Å²) < 4.78 is 0. The van der Waals surface area contributed by atoms with E-state index in [9.17, 15) is 4.79 Å². The molecule has 0 radical (unpaired) electrons. The van der Waals surface area contributed by atoms with Crippen LogP contribution in [0.2, 0.25) is 0 Å². The summed E-state index contributed by atoms with van der Waals surface area (Å²) in [5.41, 5.74) is 0. The molecule has 1 rings (SSSR count). The van der Waals surface area contributed by atoms with Crippen molar-refractivity contribution in [1.82, 2.24) is 9.80 Å². The van der Waals surface area contributed by atoms with Crippen LogP contribution in [-0.4, -0.2) is 48.4 Å². The largest absolute Gasteiger partial charge is 0.329 e. The van der Waals surface area contributed by atoms with Crippen LogP contribution < -0.4 is 0 Å².